The molecule has 1 N–H and O–H groups in total. The highest BCUT2D eigenvalue weighted by atomic mass is 79.9. The van der Waals surface area contributed by atoms with E-state index in [1.165, 1.54) is 18.6 Å². The largest absolute Gasteiger partial charge is 1.00 e. The zero-order valence-electron chi connectivity index (χ0n) is 16.1. The Morgan fingerprint density at radius 2 is 1.72 bits per heavy atom. The van der Waals surface area contributed by atoms with Crippen LogP contribution in [0, 0.1) is 5.82 Å². The summed E-state index contributed by atoms with van der Waals surface area (Å²) in [5, 5.41) is 11.9. The van der Waals surface area contributed by atoms with Crippen LogP contribution in [0.4, 0.5) is 10.1 Å². The number of fused-ring (bicyclic) bond motifs is 1. The Morgan fingerprint density at radius 3 is 2.52 bits per heavy atom. The summed E-state index contributed by atoms with van der Waals surface area (Å²) in [5.74, 6) is 2.22. The number of ether oxygens (including phenoxy) is 2. The molecule has 0 bridgehead atoms. The van der Waals surface area contributed by atoms with E-state index in [1.807, 2.05) is 23.1 Å². The van der Waals surface area contributed by atoms with E-state index in [4.69, 9.17) is 9.47 Å². The van der Waals surface area contributed by atoms with Crippen LogP contribution in [0.15, 0.2) is 42.5 Å². The Labute approximate surface area is 180 Å². The molecule has 7 heteroatoms. The molecule has 5 rings (SSSR count). The van der Waals surface area contributed by atoms with Crippen molar-refractivity contribution in [3.8, 4) is 11.5 Å². The molecule has 154 valence electrons. The van der Waals surface area contributed by atoms with Gasteiger partial charge >= 0.3 is 0 Å². The predicted molar refractivity (Wildman–Crippen MR) is 104 cm³/mol. The topological polar surface area (TPSA) is 44.9 Å². The predicted octanol–water partition coefficient (Wildman–Crippen LogP) is 0.251. The first-order valence-electron chi connectivity index (χ1n) is 9.94. The van der Waals surface area contributed by atoms with Gasteiger partial charge in [0.1, 0.15) is 24.7 Å². The molecule has 1 atom stereocenters. The van der Waals surface area contributed by atoms with Crippen molar-refractivity contribution in [1.29, 1.82) is 0 Å². The van der Waals surface area contributed by atoms with Crippen molar-refractivity contribution in [1.82, 2.24) is 0 Å². The molecule has 0 aliphatic carbocycles. The third-order valence-corrected chi connectivity index (χ3v) is 5.82. The molecular formula is C22H24BrFN2O3. The molecular weight excluding hydrogens is 439 g/mol. The van der Waals surface area contributed by atoms with E-state index in [0.29, 0.717) is 31.1 Å². The van der Waals surface area contributed by atoms with Crippen LogP contribution in [0.1, 0.15) is 31.2 Å². The van der Waals surface area contributed by atoms with E-state index in [9.17, 15) is 9.50 Å². The molecule has 2 aromatic carbocycles. The fraction of sp³-hybridized carbons (Fsp3) is 0.409. The number of rotatable bonds is 2. The van der Waals surface area contributed by atoms with Crippen molar-refractivity contribution < 1.29 is 40.5 Å². The lowest BCUT2D eigenvalue weighted by Gasteiger charge is -2.30. The average Bonchev–Trinajstić information content (AvgIpc) is 2.84. The van der Waals surface area contributed by atoms with Gasteiger partial charge in [0.2, 0.25) is 0 Å². The molecule has 1 unspecified atom stereocenters. The third-order valence-electron chi connectivity index (χ3n) is 5.82. The second-order valence-corrected chi connectivity index (χ2v) is 7.64. The summed E-state index contributed by atoms with van der Waals surface area (Å²) in [6, 6.07) is 12.0. The molecule has 29 heavy (non-hydrogen) atoms. The average molecular weight is 463 g/mol. The Balaban J connectivity index is 0.00000205. The monoisotopic (exact) mass is 462 g/mol. The van der Waals surface area contributed by atoms with Gasteiger partial charge in [-0.2, -0.15) is 4.90 Å². The highest BCUT2D eigenvalue weighted by molar-refractivity contribution is 5.97. The van der Waals surface area contributed by atoms with E-state index in [0.717, 1.165) is 43.1 Å². The lowest BCUT2D eigenvalue weighted by Crippen LogP contribution is -3.00. The van der Waals surface area contributed by atoms with E-state index >= 15 is 0 Å². The standard InChI is InChI=1S/C22H24FN2O3.BrH/c23-17-7-5-16(6-8-17)22(26)15-24-11-3-1-2-4-21(24)25(22)18-9-10-19-20(14-18)28-13-12-27-19;/h5-10,14,26H,1-4,11-13,15H2;1H/q+1;/p-1. The molecule has 0 saturated heterocycles. The molecule has 0 spiro atoms. The number of hydrogen-bond acceptors (Lipinski definition) is 4. The summed E-state index contributed by atoms with van der Waals surface area (Å²) in [6.07, 6.45) is 4.28. The summed E-state index contributed by atoms with van der Waals surface area (Å²) in [7, 11) is 0. The maximum atomic E-state index is 13.5. The lowest BCUT2D eigenvalue weighted by molar-refractivity contribution is -0.534. The number of nitrogens with zero attached hydrogens (tertiary/aromatic N) is 2. The fourth-order valence-electron chi connectivity index (χ4n) is 4.49. The molecule has 0 amide bonds. The normalized spacial score (nSPS) is 23.3. The first kappa shape index (κ1) is 20.2. The van der Waals surface area contributed by atoms with Gasteiger partial charge in [-0.25, -0.2) is 4.39 Å². The highest BCUT2D eigenvalue weighted by Crippen LogP contribution is 2.41. The van der Waals surface area contributed by atoms with Gasteiger partial charge in [-0.15, -0.1) is 0 Å². The highest BCUT2D eigenvalue weighted by Gasteiger charge is 2.54. The minimum atomic E-state index is -1.26. The molecule has 5 nitrogen and oxygen atoms in total. The smallest absolute Gasteiger partial charge is 0.275 e. The minimum Gasteiger partial charge on any atom is -1.00 e. The van der Waals surface area contributed by atoms with Crippen LogP contribution in [0.2, 0.25) is 0 Å². The summed E-state index contributed by atoms with van der Waals surface area (Å²) >= 11 is 0. The number of amidine groups is 1. The van der Waals surface area contributed by atoms with Crippen LogP contribution < -0.4 is 31.4 Å². The first-order chi connectivity index (χ1) is 13.6. The maximum absolute atomic E-state index is 13.5. The van der Waals surface area contributed by atoms with Crippen LogP contribution >= 0.6 is 0 Å². The zero-order chi connectivity index (χ0) is 19.1. The van der Waals surface area contributed by atoms with Gasteiger partial charge in [0.25, 0.3) is 11.6 Å². The van der Waals surface area contributed by atoms with Gasteiger partial charge in [0, 0.05) is 18.1 Å². The van der Waals surface area contributed by atoms with Gasteiger partial charge in [-0.3, -0.25) is 4.58 Å². The first-order valence-corrected chi connectivity index (χ1v) is 9.94. The van der Waals surface area contributed by atoms with Crippen molar-refractivity contribution in [3.05, 3.63) is 53.8 Å². The summed E-state index contributed by atoms with van der Waals surface area (Å²) in [6.45, 7) is 2.43. The molecule has 2 aromatic rings. The van der Waals surface area contributed by atoms with E-state index < -0.39 is 5.72 Å². The number of aliphatic hydroxyl groups is 1. The Kier molecular flexibility index (Phi) is 5.53. The summed E-state index contributed by atoms with van der Waals surface area (Å²) in [4.78, 5) is 2.00. The Bertz CT molecular complexity index is 934. The van der Waals surface area contributed by atoms with Crippen molar-refractivity contribution in [3.63, 3.8) is 0 Å². The van der Waals surface area contributed by atoms with Gasteiger partial charge in [-0.05, 0) is 55.7 Å². The minimum absolute atomic E-state index is 0. The number of hydrogen-bond donors (Lipinski definition) is 1. The van der Waals surface area contributed by atoms with Crippen LogP contribution in [-0.2, 0) is 5.72 Å². The van der Waals surface area contributed by atoms with Gasteiger partial charge in [-0.1, -0.05) is 0 Å². The molecule has 3 aliphatic rings. The molecule has 0 fully saturated rings. The quantitative estimate of drug-likeness (QED) is 0.649. The Hall–Kier alpha value is -2.12. The number of anilines is 1. The van der Waals surface area contributed by atoms with E-state index in [1.54, 1.807) is 12.1 Å². The Morgan fingerprint density at radius 1 is 0.966 bits per heavy atom. The maximum Gasteiger partial charge on any atom is 0.275 e. The molecule has 3 heterocycles. The van der Waals surface area contributed by atoms with Crippen LogP contribution in [-0.4, -0.2) is 41.8 Å². The summed E-state index contributed by atoms with van der Waals surface area (Å²) < 4.78 is 27.2. The van der Waals surface area contributed by atoms with Crippen molar-refractivity contribution in [2.75, 3.05) is 31.2 Å². The molecule has 0 saturated carbocycles. The van der Waals surface area contributed by atoms with E-state index in [-0.39, 0.29) is 22.8 Å². The van der Waals surface area contributed by atoms with Crippen molar-refractivity contribution in [2.24, 2.45) is 0 Å². The van der Waals surface area contributed by atoms with Crippen LogP contribution in [0.5, 0.6) is 11.5 Å². The summed E-state index contributed by atoms with van der Waals surface area (Å²) in [5.41, 5.74) is 0.282. The second-order valence-electron chi connectivity index (χ2n) is 7.64. The SMILES string of the molecule is OC1(c2ccc(F)cc2)C[N+]2=C(CCCCC2)N1c1ccc2c(c1)OCCO2.[Br-]. The fourth-order valence-corrected chi connectivity index (χ4v) is 4.49. The van der Waals surface area contributed by atoms with E-state index in [2.05, 4.69) is 4.58 Å². The van der Waals surface area contributed by atoms with Gasteiger partial charge in [0.05, 0.1) is 6.54 Å². The second kappa shape index (κ2) is 7.95. The lowest BCUT2D eigenvalue weighted by atomic mass is 9.99. The number of halogens is 2. The molecule has 3 aliphatic heterocycles. The number of benzene rings is 2. The molecule has 0 aromatic heterocycles. The van der Waals surface area contributed by atoms with Crippen LogP contribution in [0.25, 0.3) is 0 Å². The third kappa shape index (κ3) is 3.51. The van der Waals surface area contributed by atoms with Crippen molar-refractivity contribution >= 4 is 11.5 Å². The van der Waals surface area contributed by atoms with Gasteiger partial charge in [0.15, 0.2) is 18.0 Å². The zero-order valence-corrected chi connectivity index (χ0v) is 17.7. The molecule has 0 radical (unpaired) electrons. The van der Waals surface area contributed by atoms with Gasteiger partial charge < -0.3 is 31.6 Å². The van der Waals surface area contributed by atoms with Crippen molar-refractivity contribution in [2.45, 2.75) is 31.4 Å². The van der Waals surface area contributed by atoms with Crippen LogP contribution in [0.3, 0.4) is 0 Å².